The molecule has 0 spiro atoms. The first kappa shape index (κ1) is 15.3. The van der Waals surface area contributed by atoms with Crippen LogP contribution in [0.3, 0.4) is 0 Å². The average Bonchev–Trinajstić information content (AvgIpc) is 2.52. The first-order chi connectivity index (χ1) is 10.1. The van der Waals surface area contributed by atoms with Gasteiger partial charge < -0.3 is 14.9 Å². The van der Waals surface area contributed by atoms with E-state index in [2.05, 4.69) is 0 Å². The molecule has 21 heavy (non-hydrogen) atoms. The minimum absolute atomic E-state index is 0.0267. The van der Waals surface area contributed by atoms with Crippen molar-refractivity contribution >= 4 is 5.91 Å². The Labute approximate surface area is 126 Å². The van der Waals surface area contributed by atoms with Crippen LogP contribution in [-0.2, 0) is 11.2 Å². The van der Waals surface area contributed by atoms with E-state index >= 15 is 0 Å². The summed E-state index contributed by atoms with van der Waals surface area (Å²) in [5.41, 5.74) is 1.86. The van der Waals surface area contributed by atoms with Crippen LogP contribution in [0.4, 0.5) is 0 Å². The van der Waals surface area contributed by atoms with Gasteiger partial charge in [-0.2, -0.15) is 0 Å². The van der Waals surface area contributed by atoms with Crippen LogP contribution in [0.15, 0.2) is 54.4 Å². The fourth-order valence-electron chi connectivity index (χ4n) is 2.43. The summed E-state index contributed by atoms with van der Waals surface area (Å²) in [5, 5.41) is 9.62. The Kier molecular flexibility index (Phi) is 5.17. The van der Waals surface area contributed by atoms with E-state index in [0.717, 1.165) is 11.1 Å². The minimum atomic E-state index is -0.211. The molecule has 4 nitrogen and oxygen atoms in total. The van der Waals surface area contributed by atoms with Crippen LogP contribution in [0.2, 0.25) is 0 Å². The van der Waals surface area contributed by atoms with E-state index in [4.69, 9.17) is 0 Å². The van der Waals surface area contributed by atoms with E-state index in [0.29, 0.717) is 12.8 Å². The summed E-state index contributed by atoms with van der Waals surface area (Å²) in [6, 6.07) is 9.71. The molecule has 2 rings (SSSR count). The molecule has 1 N–H and O–H groups in total. The van der Waals surface area contributed by atoms with Crippen LogP contribution >= 0.6 is 0 Å². The molecule has 4 heteroatoms. The molecule has 1 aromatic carbocycles. The Bertz CT molecular complexity index is 537. The number of hydrogen-bond donors (Lipinski definition) is 1. The van der Waals surface area contributed by atoms with Crippen LogP contribution in [0.5, 0.6) is 0 Å². The molecule has 1 aliphatic rings. The van der Waals surface area contributed by atoms with Gasteiger partial charge in [0.1, 0.15) is 0 Å². The third-order valence-electron chi connectivity index (χ3n) is 3.71. The molecule has 1 unspecified atom stereocenters. The van der Waals surface area contributed by atoms with Gasteiger partial charge in [-0.05, 0) is 24.6 Å². The van der Waals surface area contributed by atoms with E-state index in [-0.39, 0.29) is 18.6 Å². The summed E-state index contributed by atoms with van der Waals surface area (Å²) < 4.78 is 0. The van der Waals surface area contributed by atoms with Crippen LogP contribution in [0.25, 0.3) is 0 Å². The van der Waals surface area contributed by atoms with Crippen molar-refractivity contribution in [1.29, 1.82) is 0 Å². The van der Waals surface area contributed by atoms with Crippen LogP contribution in [0, 0.1) is 0 Å². The summed E-state index contributed by atoms with van der Waals surface area (Å²) in [4.78, 5) is 16.0. The zero-order chi connectivity index (χ0) is 15.2. The van der Waals surface area contributed by atoms with Gasteiger partial charge in [-0.15, -0.1) is 0 Å². The minimum Gasteiger partial charge on any atom is -0.394 e. The van der Waals surface area contributed by atoms with Gasteiger partial charge in [0.05, 0.1) is 12.6 Å². The Balaban J connectivity index is 2.05. The quantitative estimate of drug-likeness (QED) is 0.897. The Hall–Kier alpha value is -2.07. The highest BCUT2D eigenvalue weighted by Crippen LogP contribution is 2.16. The largest absolute Gasteiger partial charge is 0.394 e. The van der Waals surface area contributed by atoms with Crippen LogP contribution in [0.1, 0.15) is 12.0 Å². The molecule has 0 fully saturated rings. The van der Waals surface area contributed by atoms with Crippen molar-refractivity contribution in [2.24, 2.45) is 0 Å². The SMILES string of the molecule is CN1C=CCC(C(=O)N(C)C(CO)Cc2ccccc2)=C1. The molecule has 0 aromatic heterocycles. The molecule has 0 saturated carbocycles. The molecule has 0 aliphatic carbocycles. The topological polar surface area (TPSA) is 43.8 Å². The van der Waals surface area contributed by atoms with Crippen molar-refractivity contribution in [3.8, 4) is 0 Å². The standard InChI is InChI=1S/C17H22N2O2/c1-18-10-6-9-15(12-18)17(21)19(2)16(13-20)11-14-7-4-3-5-8-14/h3-8,10,12,16,20H,9,11,13H2,1-2H3. The lowest BCUT2D eigenvalue weighted by Gasteiger charge is -2.29. The zero-order valence-corrected chi connectivity index (χ0v) is 12.6. The Morgan fingerprint density at radius 2 is 2.10 bits per heavy atom. The second kappa shape index (κ2) is 7.09. The molecule has 1 heterocycles. The highest BCUT2D eigenvalue weighted by Gasteiger charge is 2.23. The molecule has 1 amide bonds. The lowest BCUT2D eigenvalue weighted by Crippen LogP contribution is -2.42. The molecule has 0 radical (unpaired) electrons. The summed E-state index contributed by atoms with van der Waals surface area (Å²) in [5.74, 6) is -0.0267. The number of nitrogens with zero attached hydrogens (tertiary/aromatic N) is 2. The molecule has 1 atom stereocenters. The van der Waals surface area contributed by atoms with Gasteiger partial charge in [0.2, 0.25) is 0 Å². The van der Waals surface area contributed by atoms with Gasteiger partial charge in [0, 0.05) is 25.9 Å². The maximum absolute atomic E-state index is 12.5. The van der Waals surface area contributed by atoms with Gasteiger partial charge in [-0.25, -0.2) is 0 Å². The lowest BCUT2D eigenvalue weighted by molar-refractivity contribution is -0.128. The summed E-state index contributed by atoms with van der Waals surface area (Å²) >= 11 is 0. The third-order valence-corrected chi connectivity index (χ3v) is 3.71. The molecule has 0 saturated heterocycles. The number of hydrogen-bond acceptors (Lipinski definition) is 3. The molecule has 1 aromatic rings. The van der Waals surface area contributed by atoms with Gasteiger partial charge in [0.25, 0.3) is 5.91 Å². The van der Waals surface area contributed by atoms with Crippen LogP contribution < -0.4 is 0 Å². The second-order valence-electron chi connectivity index (χ2n) is 5.35. The third kappa shape index (κ3) is 3.95. The maximum atomic E-state index is 12.5. The maximum Gasteiger partial charge on any atom is 0.251 e. The predicted octanol–water partition coefficient (Wildman–Crippen LogP) is 1.78. The van der Waals surface area contributed by atoms with E-state index in [1.165, 1.54) is 0 Å². The second-order valence-corrected chi connectivity index (χ2v) is 5.35. The number of aliphatic hydroxyl groups excluding tert-OH is 1. The first-order valence-corrected chi connectivity index (χ1v) is 7.13. The summed E-state index contributed by atoms with van der Waals surface area (Å²) in [6.45, 7) is -0.0455. The van der Waals surface area contributed by atoms with Gasteiger partial charge in [-0.3, -0.25) is 4.79 Å². The number of aliphatic hydroxyl groups is 1. The summed E-state index contributed by atoms with van der Waals surface area (Å²) in [7, 11) is 3.65. The number of carbonyl (C=O) groups excluding carboxylic acids is 1. The number of benzene rings is 1. The van der Waals surface area contributed by atoms with E-state index in [9.17, 15) is 9.90 Å². The molecule has 1 aliphatic heterocycles. The molecular weight excluding hydrogens is 264 g/mol. The van der Waals surface area contributed by atoms with Crippen molar-refractivity contribution in [2.75, 3.05) is 20.7 Å². The first-order valence-electron chi connectivity index (χ1n) is 7.13. The van der Waals surface area contributed by atoms with Crippen molar-refractivity contribution in [2.45, 2.75) is 18.9 Å². The van der Waals surface area contributed by atoms with E-state index < -0.39 is 0 Å². The van der Waals surface area contributed by atoms with Crippen molar-refractivity contribution in [1.82, 2.24) is 9.80 Å². The number of allylic oxidation sites excluding steroid dienone is 1. The van der Waals surface area contributed by atoms with Crippen molar-refractivity contribution in [3.63, 3.8) is 0 Å². The molecule has 0 bridgehead atoms. The molecular formula is C17H22N2O2. The number of rotatable bonds is 5. The normalized spacial score (nSPS) is 15.6. The number of amides is 1. The van der Waals surface area contributed by atoms with Crippen molar-refractivity contribution in [3.05, 3.63) is 59.9 Å². The fourth-order valence-corrected chi connectivity index (χ4v) is 2.43. The van der Waals surface area contributed by atoms with E-state index in [1.54, 1.807) is 11.9 Å². The highest BCUT2D eigenvalue weighted by molar-refractivity contribution is 5.93. The Morgan fingerprint density at radius 3 is 2.71 bits per heavy atom. The average molecular weight is 286 g/mol. The van der Waals surface area contributed by atoms with Gasteiger partial charge in [-0.1, -0.05) is 36.4 Å². The van der Waals surface area contributed by atoms with Crippen molar-refractivity contribution < 1.29 is 9.90 Å². The van der Waals surface area contributed by atoms with E-state index in [1.807, 2.05) is 60.8 Å². The smallest absolute Gasteiger partial charge is 0.251 e. The monoisotopic (exact) mass is 286 g/mol. The van der Waals surface area contributed by atoms with Gasteiger partial charge >= 0.3 is 0 Å². The predicted molar refractivity (Wildman–Crippen MR) is 83.4 cm³/mol. The number of carbonyl (C=O) groups is 1. The van der Waals surface area contributed by atoms with Crippen LogP contribution in [-0.4, -0.2) is 47.6 Å². The Morgan fingerprint density at radius 1 is 1.38 bits per heavy atom. The highest BCUT2D eigenvalue weighted by atomic mass is 16.3. The fraction of sp³-hybridized carbons (Fsp3) is 0.353. The molecule has 112 valence electrons. The number of likely N-dealkylation sites (N-methyl/N-ethyl adjacent to an activating group) is 1. The zero-order valence-electron chi connectivity index (χ0n) is 12.6. The summed E-state index contributed by atoms with van der Waals surface area (Å²) in [6.07, 6.45) is 7.03. The van der Waals surface area contributed by atoms with Gasteiger partial charge in [0.15, 0.2) is 0 Å². The lowest BCUT2D eigenvalue weighted by atomic mass is 10.0.